The molecule has 1 aromatic carbocycles. The lowest BCUT2D eigenvalue weighted by Gasteiger charge is -2.29. The van der Waals surface area contributed by atoms with Crippen LogP contribution in [-0.4, -0.2) is 28.1 Å². The molecule has 184 valence electrons. The second kappa shape index (κ2) is 9.89. The number of thioether (sulfide) groups is 1. The molecule has 9 heteroatoms. The van der Waals surface area contributed by atoms with Crippen LogP contribution >= 0.6 is 11.8 Å². The number of halogens is 1. The van der Waals surface area contributed by atoms with Gasteiger partial charge in [0.25, 0.3) is 5.91 Å². The van der Waals surface area contributed by atoms with E-state index in [1.807, 2.05) is 0 Å². The highest BCUT2D eigenvalue weighted by Crippen LogP contribution is 2.49. The normalized spacial score (nSPS) is 27.4. The standard InChI is InChI=1S/C26H29FN4O3S/c1-14(20-12-15-4-5-16(20)11-15)30-25(33)23-22(28)21(24(32)29-13-19-3-2-10-34-19)26(35-23)31-18-8-6-17(27)7-9-18/h2-3,6-10,14-16,20,23H,4-5,11-13,28H2,1H3,(H,29,32)(H,30,33). The Morgan fingerprint density at radius 3 is 2.69 bits per heavy atom. The average molecular weight is 497 g/mol. The molecule has 3 aliphatic rings. The summed E-state index contributed by atoms with van der Waals surface area (Å²) in [6, 6.07) is 9.15. The first-order valence-corrected chi connectivity index (χ1v) is 12.9. The molecule has 2 aliphatic carbocycles. The van der Waals surface area contributed by atoms with E-state index in [9.17, 15) is 14.0 Å². The van der Waals surface area contributed by atoms with E-state index in [-0.39, 0.29) is 35.6 Å². The molecule has 5 atom stereocenters. The first kappa shape index (κ1) is 23.7. The van der Waals surface area contributed by atoms with Crippen molar-refractivity contribution in [1.82, 2.24) is 10.6 Å². The largest absolute Gasteiger partial charge is 0.467 e. The van der Waals surface area contributed by atoms with Crippen molar-refractivity contribution in [3.8, 4) is 0 Å². The molecule has 5 rings (SSSR count). The summed E-state index contributed by atoms with van der Waals surface area (Å²) in [5.74, 6) is 1.50. The van der Waals surface area contributed by atoms with Gasteiger partial charge in [-0.25, -0.2) is 9.38 Å². The first-order valence-electron chi connectivity index (χ1n) is 12.0. The Morgan fingerprint density at radius 2 is 2.03 bits per heavy atom. The lowest BCUT2D eigenvalue weighted by atomic mass is 9.84. The Labute approximate surface area is 207 Å². The van der Waals surface area contributed by atoms with Crippen molar-refractivity contribution in [2.45, 2.75) is 50.4 Å². The van der Waals surface area contributed by atoms with Crippen molar-refractivity contribution in [1.29, 1.82) is 0 Å². The Balaban J connectivity index is 1.35. The van der Waals surface area contributed by atoms with Crippen LogP contribution in [0.1, 0.15) is 38.4 Å². The third kappa shape index (κ3) is 5.00. The fourth-order valence-corrected chi connectivity index (χ4v) is 6.74. The van der Waals surface area contributed by atoms with Crippen molar-refractivity contribution in [2.24, 2.45) is 28.5 Å². The molecule has 2 bridgehead atoms. The summed E-state index contributed by atoms with van der Waals surface area (Å²) < 4.78 is 18.6. The van der Waals surface area contributed by atoms with Gasteiger partial charge in [0.15, 0.2) is 0 Å². The maximum Gasteiger partial charge on any atom is 0.256 e. The van der Waals surface area contributed by atoms with Crippen LogP contribution in [0.15, 0.2) is 63.3 Å². The number of rotatable bonds is 7. The van der Waals surface area contributed by atoms with Gasteiger partial charge in [0, 0.05) is 11.7 Å². The van der Waals surface area contributed by atoms with Gasteiger partial charge in [-0.3, -0.25) is 9.59 Å². The lowest BCUT2D eigenvalue weighted by Crippen LogP contribution is -2.44. The summed E-state index contributed by atoms with van der Waals surface area (Å²) in [4.78, 5) is 30.9. The lowest BCUT2D eigenvalue weighted by molar-refractivity contribution is -0.121. The van der Waals surface area contributed by atoms with E-state index in [0.717, 1.165) is 24.1 Å². The highest BCUT2D eigenvalue weighted by molar-refractivity contribution is 8.16. The van der Waals surface area contributed by atoms with Crippen LogP contribution in [-0.2, 0) is 16.1 Å². The number of carbonyl (C=O) groups excluding carboxylic acids is 2. The van der Waals surface area contributed by atoms with Crippen molar-refractivity contribution < 1.29 is 18.4 Å². The van der Waals surface area contributed by atoms with E-state index in [1.54, 1.807) is 12.1 Å². The highest BCUT2D eigenvalue weighted by Gasteiger charge is 2.44. The molecule has 2 fully saturated rings. The minimum atomic E-state index is -0.764. The third-order valence-corrected chi connectivity index (χ3v) is 8.57. The van der Waals surface area contributed by atoms with Crippen LogP contribution < -0.4 is 16.4 Å². The van der Waals surface area contributed by atoms with Crippen LogP contribution in [0, 0.1) is 23.6 Å². The number of nitrogens with zero attached hydrogens (tertiary/aromatic N) is 1. The van der Waals surface area contributed by atoms with Gasteiger partial charge in [0.05, 0.1) is 24.1 Å². The van der Waals surface area contributed by atoms with Gasteiger partial charge in [-0.15, -0.1) is 0 Å². The fraction of sp³-hybridized carbons (Fsp3) is 0.423. The number of hydrogen-bond donors (Lipinski definition) is 3. The predicted octanol–water partition coefficient (Wildman–Crippen LogP) is 4.03. The fourth-order valence-electron chi connectivity index (χ4n) is 5.61. The zero-order valence-electron chi connectivity index (χ0n) is 19.5. The van der Waals surface area contributed by atoms with Gasteiger partial charge in [-0.05, 0) is 80.3 Å². The molecule has 4 N–H and O–H groups in total. The molecule has 0 spiro atoms. The Hall–Kier alpha value is -3.07. The van der Waals surface area contributed by atoms with Crippen LogP contribution in [0.2, 0.25) is 0 Å². The van der Waals surface area contributed by atoms with Crippen LogP contribution in [0.25, 0.3) is 0 Å². The number of aliphatic imine (C=N–C) groups is 1. The van der Waals surface area contributed by atoms with Gasteiger partial charge in [-0.2, -0.15) is 0 Å². The maximum atomic E-state index is 13.4. The molecular weight excluding hydrogens is 467 g/mol. The first-order chi connectivity index (χ1) is 16.9. The second-order valence-corrected chi connectivity index (χ2v) is 10.7. The van der Waals surface area contributed by atoms with Crippen LogP contribution in [0.4, 0.5) is 10.1 Å². The quantitative estimate of drug-likeness (QED) is 0.536. The van der Waals surface area contributed by atoms with Crippen molar-refractivity contribution in [2.75, 3.05) is 0 Å². The Morgan fingerprint density at radius 1 is 1.23 bits per heavy atom. The summed E-state index contributed by atoms with van der Waals surface area (Å²) in [5.41, 5.74) is 7.21. The summed E-state index contributed by atoms with van der Waals surface area (Å²) in [7, 11) is 0. The van der Waals surface area contributed by atoms with Gasteiger partial charge < -0.3 is 20.8 Å². The predicted molar refractivity (Wildman–Crippen MR) is 133 cm³/mol. The van der Waals surface area contributed by atoms with E-state index in [2.05, 4.69) is 22.5 Å². The molecule has 1 aliphatic heterocycles. The van der Waals surface area contributed by atoms with Crippen molar-refractivity contribution in [3.05, 3.63) is 65.5 Å². The van der Waals surface area contributed by atoms with Crippen molar-refractivity contribution in [3.63, 3.8) is 0 Å². The average Bonchev–Trinajstić information content (AvgIpc) is 3.64. The maximum absolute atomic E-state index is 13.4. The van der Waals surface area contributed by atoms with E-state index in [0.29, 0.717) is 28.3 Å². The molecule has 2 heterocycles. The minimum absolute atomic E-state index is 0.0421. The molecule has 5 unspecified atom stereocenters. The van der Waals surface area contributed by atoms with Gasteiger partial charge in [-0.1, -0.05) is 18.2 Å². The smallest absolute Gasteiger partial charge is 0.256 e. The van der Waals surface area contributed by atoms with Crippen molar-refractivity contribution >= 4 is 34.3 Å². The van der Waals surface area contributed by atoms with E-state index in [1.165, 1.54) is 49.8 Å². The Bertz CT molecular complexity index is 1160. The number of hydrogen-bond acceptors (Lipinski definition) is 6. The minimum Gasteiger partial charge on any atom is -0.467 e. The number of fused-ring (bicyclic) bond motifs is 2. The van der Waals surface area contributed by atoms with Gasteiger partial charge in [0.2, 0.25) is 5.91 Å². The van der Waals surface area contributed by atoms with E-state index < -0.39 is 11.2 Å². The summed E-state index contributed by atoms with van der Waals surface area (Å²) in [6.07, 6.45) is 6.49. The number of carbonyl (C=O) groups is 2. The SMILES string of the molecule is CC(NC(=O)C1SC(=Nc2ccc(F)cc2)C(C(=O)NCc2ccco2)=C1N)C1CC2CCC1C2. The number of benzene rings is 1. The molecule has 2 aromatic rings. The number of furan rings is 1. The molecule has 7 nitrogen and oxygen atoms in total. The third-order valence-electron chi connectivity index (χ3n) is 7.35. The molecule has 1 aromatic heterocycles. The summed E-state index contributed by atoms with van der Waals surface area (Å²) >= 11 is 1.15. The second-order valence-electron chi connectivity index (χ2n) is 9.62. The van der Waals surface area contributed by atoms with E-state index >= 15 is 0 Å². The molecule has 0 saturated heterocycles. The van der Waals surface area contributed by atoms with E-state index in [4.69, 9.17) is 10.2 Å². The number of amides is 2. The van der Waals surface area contributed by atoms with Crippen LogP contribution in [0.3, 0.4) is 0 Å². The van der Waals surface area contributed by atoms with Gasteiger partial charge in [0.1, 0.15) is 21.9 Å². The van der Waals surface area contributed by atoms with Crippen LogP contribution in [0.5, 0.6) is 0 Å². The number of nitrogens with one attached hydrogen (secondary N) is 2. The highest BCUT2D eigenvalue weighted by atomic mass is 32.2. The zero-order valence-corrected chi connectivity index (χ0v) is 20.3. The summed E-state index contributed by atoms with van der Waals surface area (Å²) in [6.45, 7) is 2.24. The molecular formula is C26H29FN4O3S. The molecule has 2 amide bonds. The monoisotopic (exact) mass is 496 g/mol. The molecule has 35 heavy (non-hydrogen) atoms. The molecule has 2 saturated carbocycles. The number of nitrogens with two attached hydrogens (primary N) is 1. The zero-order chi connectivity index (χ0) is 24.5. The molecule has 0 radical (unpaired) electrons. The topological polar surface area (TPSA) is 110 Å². The summed E-state index contributed by atoms with van der Waals surface area (Å²) in [5, 5.41) is 5.52. The van der Waals surface area contributed by atoms with Gasteiger partial charge >= 0.3 is 0 Å². The Kier molecular flexibility index (Phi) is 6.69.